The number of carbonyl (C=O) groups excluding carboxylic acids is 4. The van der Waals surface area contributed by atoms with E-state index in [1.165, 1.54) is 29.6 Å². The molecule has 184 valence electrons. The Morgan fingerprint density at radius 3 is 2.60 bits per heavy atom. The molecule has 0 spiro atoms. The van der Waals surface area contributed by atoms with Crippen LogP contribution in [0.1, 0.15) is 16.1 Å². The number of esters is 1. The van der Waals surface area contributed by atoms with Crippen molar-refractivity contribution in [1.29, 1.82) is 0 Å². The Hall–Kier alpha value is -3.69. The molecule has 1 unspecified atom stereocenters. The second-order valence-corrected chi connectivity index (χ2v) is 9.05. The molecule has 1 saturated heterocycles. The number of ketones is 1. The molecular weight excluding hydrogens is 526 g/mol. The summed E-state index contributed by atoms with van der Waals surface area (Å²) in [5.41, 5.74) is 5.29. The third-order valence-corrected chi connectivity index (χ3v) is 6.84. The van der Waals surface area contributed by atoms with E-state index in [4.69, 9.17) is 10.5 Å². The number of ether oxygens (including phenoxy) is 1. The number of nitrogens with one attached hydrogen (secondary N) is 1. The Bertz CT molecular complexity index is 1250. The number of carbonyl (C=O) groups is 4. The molecule has 2 aliphatic rings. The number of amides is 2. The molecule has 4 N–H and O–H groups in total. The highest BCUT2D eigenvalue weighted by atomic mass is 35.5. The molecule has 2 aromatic rings. The summed E-state index contributed by atoms with van der Waals surface area (Å²) in [5.74, 6) is -4.09. The van der Waals surface area contributed by atoms with Crippen molar-refractivity contribution >= 4 is 69.9 Å². The number of nitrogens with two attached hydrogens (primary N) is 1. The Balaban J connectivity index is 0.00000342. The van der Waals surface area contributed by atoms with Crippen molar-refractivity contribution in [2.45, 2.75) is 18.0 Å². The molecule has 4 rings (SSSR count). The van der Waals surface area contributed by atoms with Crippen LogP contribution in [0.3, 0.4) is 0 Å². The first-order chi connectivity index (χ1) is 16.2. The lowest BCUT2D eigenvalue weighted by Crippen LogP contribution is -2.71. The minimum atomic E-state index is -1.09. The van der Waals surface area contributed by atoms with E-state index in [0.29, 0.717) is 5.56 Å². The molecule has 0 saturated carbocycles. The number of rotatable bonds is 7. The number of anilines is 1. The van der Waals surface area contributed by atoms with Gasteiger partial charge >= 0.3 is 5.97 Å². The van der Waals surface area contributed by atoms with Crippen molar-refractivity contribution in [2.75, 3.05) is 11.5 Å². The molecule has 13 nitrogen and oxygen atoms in total. The molecule has 1 fully saturated rings. The maximum absolute atomic E-state index is 12.7. The summed E-state index contributed by atoms with van der Waals surface area (Å²) >= 11 is 2.08. The minimum absolute atomic E-state index is 0. The highest BCUT2D eigenvalue weighted by Gasteiger charge is 2.55. The fraction of sp³-hybridized carbons (Fsp3) is 0.211. The third kappa shape index (κ3) is 5.06. The average molecular weight is 542 g/mol. The fourth-order valence-electron chi connectivity index (χ4n) is 3.24. The lowest BCUT2D eigenvalue weighted by atomic mass is 10.0. The molecule has 1 aromatic heterocycles. The van der Waals surface area contributed by atoms with Gasteiger partial charge in [0.15, 0.2) is 10.8 Å². The zero-order valence-corrected chi connectivity index (χ0v) is 19.9. The summed E-state index contributed by atoms with van der Waals surface area (Å²) in [4.78, 5) is 64.6. The number of non-ortho nitro benzene ring substituents is 1. The van der Waals surface area contributed by atoms with Gasteiger partial charge in [0.2, 0.25) is 0 Å². The number of thiazole rings is 1. The Morgan fingerprint density at radius 1 is 1.31 bits per heavy atom. The highest BCUT2D eigenvalue weighted by molar-refractivity contribution is 8.00. The van der Waals surface area contributed by atoms with E-state index < -0.39 is 39.9 Å². The molecule has 1 aromatic carbocycles. The molecule has 16 heteroatoms. The number of nitro benzene ring substituents is 1. The van der Waals surface area contributed by atoms with Crippen LogP contribution in [0.4, 0.5) is 10.8 Å². The molecule has 0 bridgehead atoms. The van der Waals surface area contributed by atoms with Gasteiger partial charge in [-0.3, -0.25) is 29.4 Å². The van der Waals surface area contributed by atoms with E-state index in [1.54, 1.807) is 0 Å². The first-order valence-electron chi connectivity index (χ1n) is 9.50. The number of halogens is 1. The van der Waals surface area contributed by atoms with E-state index >= 15 is 0 Å². The maximum Gasteiger partial charge on any atom is 0.358 e. The van der Waals surface area contributed by atoms with Crippen molar-refractivity contribution in [2.24, 2.45) is 0 Å². The van der Waals surface area contributed by atoms with Crippen molar-refractivity contribution in [1.82, 2.24) is 15.2 Å². The second-order valence-electron chi connectivity index (χ2n) is 7.06. The van der Waals surface area contributed by atoms with E-state index in [1.807, 2.05) is 0 Å². The number of fused-ring (bicyclic) bond motifs is 1. The number of β-lactam (4-membered cyclic amide) rings is 1. The molecule has 2 amide bonds. The number of aliphatic hydroxyl groups excluding tert-OH is 1. The standard InChI is InChI=1S/C19H15N5O8S2.ClH/c20-19-21-10(6-34-19)14(26)15(27)22-12-16(28)23-13(11(25)7-33-17(12)23)18(29)32-5-8-1-3-9(4-2-8)24(30)31;/h1-4,6,12,17,25H,5,7H2,(H2,20,21)(H,22,27);1H/t12?,17-;/m1./s1. The van der Waals surface area contributed by atoms with Crippen LogP contribution in [0.25, 0.3) is 0 Å². The maximum atomic E-state index is 12.7. The van der Waals surface area contributed by atoms with Gasteiger partial charge in [-0.1, -0.05) is 0 Å². The van der Waals surface area contributed by atoms with E-state index in [2.05, 4.69) is 10.3 Å². The van der Waals surface area contributed by atoms with Gasteiger partial charge in [0.05, 0.1) is 10.7 Å². The van der Waals surface area contributed by atoms with Crippen LogP contribution in [0.5, 0.6) is 0 Å². The van der Waals surface area contributed by atoms with Gasteiger partial charge in [-0.15, -0.1) is 35.5 Å². The predicted molar refractivity (Wildman–Crippen MR) is 126 cm³/mol. The molecule has 3 heterocycles. The van der Waals surface area contributed by atoms with Crippen LogP contribution in [-0.4, -0.2) is 60.6 Å². The molecule has 0 aliphatic carbocycles. The Labute approximate surface area is 210 Å². The van der Waals surface area contributed by atoms with Gasteiger partial charge in [0.1, 0.15) is 29.5 Å². The van der Waals surface area contributed by atoms with Crippen molar-refractivity contribution < 1.29 is 33.9 Å². The zero-order valence-electron chi connectivity index (χ0n) is 17.4. The number of thioether (sulfide) groups is 1. The number of nitro groups is 1. The summed E-state index contributed by atoms with van der Waals surface area (Å²) in [7, 11) is 0. The van der Waals surface area contributed by atoms with Crippen molar-refractivity contribution in [3.63, 3.8) is 0 Å². The van der Waals surface area contributed by atoms with E-state index in [0.717, 1.165) is 28.0 Å². The second kappa shape index (κ2) is 10.3. The normalized spacial score (nSPS) is 18.6. The number of hydrogen-bond acceptors (Lipinski definition) is 12. The number of aliphatic hydroxyl groups is 1. The molecule has 35 heavy (non-hydrogen) atoms. The van der Waals surface area contributed by atoms with Gasteiger partial charge < -0.3 is 20.9 Å². The number of Topliss-reactive ketones (excluding diaryl/α,β-unsaturated/α-hetero) is 1. The topological polar surface area (TPSA) is 195 Å². The molecule has 0 radical (unpaired) electrons. The third-order valence-electron chi connectivity index (χ3n) is 4.91. The summed E-state index contributed by atoms with van der Waals surface area (Å²) in [5, 5.41) is 24.0. The van der Waals surface area contributed by atoms with Gasteiger partial charge in [-0.25, -0.2) is 9.78 Å². The van der Waals surface area contributed by atoms with Crippen LogP contribution in [0.15, 0.2) is 41.1 Å². The van der Waals surface area contributed by atoms with Crippen molar-refractivity contribution in [3.05, 3.63) is 62.5 Å². The van der Waals surface area contributed by atoms with Crippen LogP contribution in [0, 0.1) is 10.1 Å². The largest absolute Gasteiger partial charge is 0.509 e. The first kappa shape index (κ1) is 25.9. The zero-order chi connectivity index (χ0) is 24.6. The van der Waals surface area contributed by atoms with Crippen LogP contribution < -0.4 is 11.1 Å². The Morgan fingerprint density at radius 2 is 2.00 bits per heavy atom. The molecular formula is C19H16ClN5O8S2. The lowest BCUT2D eigenvalue weighted by molar-refractivity contribution is -0.384. The van der Waals surface area contributed by atoms with Gasteiger partial charge in [-0.2, -0.15) is 0 Å². The lowest BCUT2D eigenvalue weighted by Gasteiger charge is -2.48. The minimum Gasteiger partial charge on any atom is -0.509 e. The highest BCUT2D eigenvalue weighted by Crippen LogP contribution is 2.40. The van der Waals surface area contributed by atoms with Gasteiger partial charge in [0, 0.05) is 17.5 Å². The summed E-state index contributed by atoms with van der Waals surface area (Å²) in [6.45, 7) is -0.251. The SMILES string of the molecule is Cl.Nc1nc(C(=O)C(=O)NC2C(=O)N3C(C(=O)OCc4ccc([N+](=O)[O-])cc4)=C(O)CS[C@H]23)cs1. The number of hydrogen-bond donors (Lipinski definition) is 3. The number of nitrogen functional groups attached to an aromatic ring is 1. The van der Waals surface area contributed by atoms with Crippen LogP contribution in [0.2, 0.25) is 0 Å². The first-order valence-corrected chi connectivity index (χ1v) is 11.4. The quantitative estimate of drug-likeness (QED) is 0.113. The molecule has 2 aliphatic heterocycles. The van der Waals surface area contributed by atoms with Crippen molar-refractivity contribution in [3.8, 4) is 0 Å². The summed E-state index contributed by atoms with van der Waals surface area (Å²) < 4.78 is 5.16. The number of benzene rings is 1. The monoisotopic (exact) mass is 541 g/mol. The Kier molecular flexibility index (Phi) is 7.62. The van der Waals surface area contributed by atoms with Crippen LogP contribution in [-0.2, 0) is 25.7 Å². The van der Waals surface area contributed by atoms with E-state index in [9.17, 15) is 34.4 Å². The summed E-state index contributed by atoms with van der Waals surface area (Å²) in [6.07, 6.45) is 0. The van der Waals surface area contributed by atoms with Gasteiger partial charge in [0.25, 0.3) is 23.3 Å². The smallest absolute Gasteiger partial charge is 0.358 e. The van der Waals surface area contributed by atoms with Gasteiger partial charge in [-0.05, 0) is 17.7 Å². The van der Waals surface area contributed by atoms with E-state index in [-0.39, 0.29) is 52.7 Å². The number of aromatic nitrogens is 1. The number of nitrogens with zero attached hydrogens (tertiary/aromatic N) is 3. The molecule has 2 atom stereocenters. The average Bonchev–Trinajstić information content (AvgIpc) is 3.26. The summed E-state index contributed by atoms with van der Waals surface area (Å²) in [6, 6.07) is 4.23. The predicted octanol–water partition coefficient (Wildman–Crippen LogP) is 1.15. The fourth-order valence-corrected chi connectivity index (χ4v) is 4.98. The van der Waals surface area contributed by atoms with Crippen LogP contribution >= 0.6 is 35.5 Å².